The number of nitrogens with one attached hydrogen (secondary N) is 1. The molecule has 5 heteroatoms. The first-order valence-corrected chi connectivity index (χ1v) is 5.48. The summed E-state index contributed by atoms with van der Waals surface area (Å²) in [7, 11) is 0. The Kier molecular flexibility index (Phi) is 2.80. The molecule has 2 aromatic rings. The van der Waals surface area contributed by atoms with Crippen LogP contribution in [0.4, 0.5) is 8.78 Å². The van der Waals surface area contributed by atoms with Crippen molar-refractivity contribution < 1.29 is 8.78 Å². The zero-order valence-corrected chi connectivity index (χ0v) is 9.87. The third-order valence-electron chi connectivity index (χ3n) is 2.37. The second kappa shape index (κ2) is 3.97. The molecule has 1 N–H and O–H groups in total. The number of hydrogen-bond acceptors (Lipinski definition) is 1. The first-order valence-electron chi connectivity index (χ1n) is 5.07. The van der Waals surface area contributed by atoms with Gasteiger partial charge in [-0.2, -0.15) is 0 Å². The molecule has 0 radical (unpaired) electrons. The molecule has 0 amide bonds. The van der Waals surface area contributed by atoms with E-state index >= 15 is 0 Å². The van der Waals surface area contributed by atoms with Crippen LogP contribution in [0.2, 0.25) is 0 Å². The Balaban J connectivity index is 2.76. The molecule has 16 heavy (non-hydrogen) atoms. The zero-order valence-electron chi connectivity index (χ0n) is 9.05. The van der Waals surface area contributed by atoms with E-state index in [-0.39, 0.29) is 5.52 Å². The van der Waals surface area contributed by atoms with E-state index in [2.05, 4.69) is 4.98 Å². The van der Waals surface area contributed by atoms with Gasteiger partial charge in [0.15, 0.2) is 16.4 Å². The van der Waals surface area contributed by atoms with Crippen LogP contribution in [0, 0.1) is 22.3 Å². The molecule has 86 valence electrons. The summed E-state index contributed by atoms with van der Waals surface area (Å²) in [6.07, 6.45) is 0. The summed E-state index contributed by atoms with van der Waals surface area (Å²) in [6, 6.07) is 2.60. The molecule has 1 aromatic carbocycles. The fourth-order valence-electron chi connectivity index (χ4n) is 1.73. The van der Waals surface area contributed by atoms with Crippen LogP contribution in [-0.4, -0.2) is 9.55 Å². The van der Waals surface area contributed by atoms with Crippen molar-refractivity contribution in [2.45, 2.75) is 20.4 Å². The Bertz CT molecular complexity index is 583. The number of halogens is 2. The van der Waals surface area contributed by atoms with Gasteiger partial charge in [0.1, 0.15) is 5.52 Å². The van der Waals surface area contributed by atoms with Gasteiger partial charge in [-0.05, 0) is 30.3 Å². The smallest absolute Gasteiger partial charge is 0.184 e. The SMILES string of the molecule is CC(C)Cn1c(=S)[nH]c2ccc(F)c(F)c21. The van der Waals surface area contributed by atoms with Crippen molar-refractivity contribution in [2.24, 2.45) is 5.92 Å². The minimum atomic E-state index is -0.848. The van der Waals surface area contributed by atoms with E-state index in [0.29, 0.717) is 22.8 Å². The molecular weight excluding hydrogens is 230 g/mol. The highest BCUT2D eigenvalue weighted by Crippen LogP contribution is 2.21. The van der Waals surface area contributed by atoms with E-state index in [4.69, 9.17) is 12.2 Å². The fourth-order valence-corrected chi connectivity index (χ4v) is 2.00. The molecule has 0 spiro atoms. The van der Waals surface area contributed by atoms with Gasteiger partial charge in [-0.1, -0.05) is 13.8 Å². The molecule has 0 atom stereocenters. The van der Waals surface area contributed by atoms with Crippen molar-refractivity contribution >= 4 is 23.3 Å². The first kappa shape index (κ1) is 11.3. The van der Waals surface area contributed by atoms with Gasteiger partial charge in [-0.15, -0.1) is 0 Å². The fraction of sp³-hybridized carbons (Fsp3) is 0.364. The molecule has 0 fully saturated rings. The van der Waals surface area contributed by atoms with Crippen molar-refractivity contribution in [3.8, 4) is 0 Å². The lowest BCUT2D eigenvalue weighted by molar-refractivity contribution is 0.495. The molecular formula is C11H12F2N2S. The van der Waals surface area contributed by atoms with E-state index in [1.54, 1.807) is 4.57 Å². The summed E-state index contributed by atoms with van der Waals surface area (Å²) in [5.74, 6) is -1.38. The zero-order chi connectivity index (χ0) is 11.9. The maximum Gasteiger partial charge on any atom is 0.184 e. The summed E-state index contributed by atoms with van der Waals surface area (Å²) in [4.78, 5) is 2.87. The standard InChI is InChI=1S/C11H12F2N2S/c1-6(2)5-15-10-8(14-11(15)16)4-3-7(12)9(10)13/h3-4,6H,5H2,1-2H3,(H,14,16). The van der Waals surface area contributed by atoms with Crippen molar-refractivity contribution in [1.29, 1.82) is 0 Å². The number of imidazole rings is 1. The molecule has 0 unspecified atom stereocenters. The van der Waals surface area contributed by atoms with E-state index in [9.17, 15) is 8.78 Å². The van der Waals surface area contributed by atoms with Crippen molar-refractivity contribution in [3.05, 3.63) is 28.5 Å². The number of hydrogen-bond donors (Lipinski definition) is 1. The van der Waals surface area contributed by atoms with Crippen LogP contribution in [0.3, 0.4) is 0 Å². The lowest BCUT2D eigenvalue weighted by Crippen LogP contribution is -2.05. The summed E-state index contributed by atoms with van der Waals surface area (Å²) < 4.78 is 28.8. The van der Waals surface area contributed by atoms with Crippen LogP contribution in [0.15, 0.2) is 12.1 Å². The van der Waals surface area contributed by atoms with Crippen molar-refractivity contribution in [2.75, 3.05) is 0 Å². The topological polar surface area (TPSA) is 20.7 Å². The van der Waals surface area contributed by atoms with Crippen molar-refractivity contribution in [3.63, 3.8) is 0 Å². The van der Waals surface area contributed by atoms with Gasteiger partial charge in [0.25, 0.3) is 0 Å². The van der Waals surface area contributed by atoms with Crippen LogP contribution in [-0.2, 0) is 6.54 Å². The summed E-state index contributed by atoms with van der Waals surface area (Å²) in [5, 5.41) is 0. The number of aromatic nitrogens is 2. The maximum atomic E-state index is 13.7. The average molecular weight is 242 g/mol. The van der Waals surface area contributed by atoms with Crippen molar-refractivity contribution in [1.82, 2.24) is 9.55 Å². The lowest BCUT2D eigenvalue weighted by atomic mass is 10.2. The molecule has 0 aliphatic rings. The lowest BCUT2D eigenvalue weighted by Gasteiger charge is -2.07. The molecule has 1 aromatic heterocycles. The summed E-state index contributed by atoms with van der Waals surface area (Å²) in [5.41, 5.74) is 0.753. The third kappa shape index (κ3) is 1.75. The van der Waals surface area contributed by atoms with Gasteiger partial charge in [-0.25, -0.2) is 8.78 Å². The number of fused-ring (bicyclic) bond motifs is 1. The molecule has 0 saturated heterocycles. The second-order valence-electron chi connectivity index (χ2n) is 4.19. The second-order valence-corrected chi connectivity index (χ2v) is 4.58. The predicted molar refractivity (Wildman–Crippen MR) is 61.9 cm³/mol. The third-order valence-corrected chi connectivity index (χ3v) is 2.70. The molecule has 0 aliphatic heterocycles. The number of H-pyrrole nitrogens is 1. The van der Waals surface area contributed by atoms with Crippen LogP contribution >= 0.6 is 12.2 Å². The maximum absolute atomic E-state index is 13.7. The Morgan fingerprint density at radius 1 is 1.38 bits per heavy atom. The summed E-state index contributed by atoms with van der Waals surface area (Å²) >= 11 is 5.09. The van der Waals surface area contributed by atoms with Gasteiger partial charge < -0.3 is 9.55 Å². The minimum absolute atomic E-state index is 0.221. The minimum Gasteiger partial charge on any atom is -0.330 e. The first-order chi connectivity index (χ1) is 7.50. The van der Waals surface area contributed by atoms with E-state index < -0.39 is 11.6 Å². The highest BCUT2D eigenvalue weighted by molar-refractivity contribution is 7.71. The Labute approximate surface area is 96.9 Å². The summed E-state index contributed by atoms with van der Waals surface area (Å²) in [6.45, 7) is 4.56. The highest BCUT2D eigenvalue weighted by atomic mass is 32.1. The molecule has 0 aliphatic carbocycles. The van der Waals surface area contributed by atoms with Gasteiger partial charge in [0.05, 0.1) is 5.52 Å². The Morgan fingerprint density at radius 2 is 2.06 bits per heavy atom. The molecule has 0 bridgehead atoms. The number of aromatic amines is 1. The van der Waals surface area contributed by atoms with Gasteiger partial charge in [-0.3, -0.25) is 0 Å². The quantitative estimate of drug-likeness (QED) is 0.797. The molecule has 0 saturated carbocycles. The monoisotopic (exact) mass is 242 g/mol. The Hall–Kier alpha value is -1.23. The molecule has 1 heterocycles. The van der Waals surface area contributed by atoms with Crippen LogP contribution in [0.25, 0.3) is 11.0 Å². The normalized spacial score (nSPS) is 11.6. The van der Waals surface area contributed by atoms with Crippen LogP contribution < -0.4 is 0 Å². The number of nitrogens with zero attached hydrogens (tertiary/aromatic N) is 1. The van der Waals surface area contributed by atoms with Crippen LogP contribution in [0.1, 0.15) is 13.8 Å². The largest absolute Gasteiger partial charge is 0.330 e. The van der Waals surface area contributed by atoms with Gasteiger partial charge in [0.2, 0.25) is 0 Å². The predicted octanol–water partition coefficient (Wildman–Crippen LogP) is 3.63. The number of rotatable bonds is 2. The average Bonchev–Trinajstić information content (AvgIpc) is 2.50. The van der Waals surface area contributed by atoms with E-state index in [1.165, 1.54) is 6.07 Å². The Morgan fingerprint density at radius 3 is 2.69 bits per heavy atom. The van der Waals surface area contributed by atoms with E-state index in [0.717, 1.165) is 6.07 Å². The van der Waals surface area contributed by atoms with Gasteiger partial charge in [0, 0.05) is 6.54 Å². The number of benzene rings is 1. The van der Waals surface area contributed by atoms with Gasteiger partial charge >= 0.3 is 0 Å². The van der Waals surface area contributed by atoms with Crippen LogP contribution in [0.5, 0.6) is 0 Å². The molecule has 2 nitrogen and oxygen atoms in total. The molecule has 2 rings (SSSR count). The highest BCUT2D eigenvalue weighted by Gasteiger charge is 2.14. The van der Waals surface area contributed by atoms with E-state index in [1.807, 2.05) is 13.8 Å².